The molecule has 1 aliphatic heterocycles. The molecule has 10 heteroatoms. The second kappa shape index (κ2) is 9.72. The molecule has 0 bridgehead atoms. The number of esters is 1. The SMILES string of the molecule is CCCCOc1c(Br)cc(/C=C2\N=C(c3cc([N+](=O)[O-])ccc3Cl)OC2=O)cc1Br. The van der Waals surface area contributed by atoms with E-state index in [0.717, 1.165) is 21.8 Å². The number of nitro groups is 1. The van der Waals surface area contributed by atoms with Gasteiger partial charge in [-0.25, -0.2) is 9.79 Å². The first-order valence-electron chi connectivity index (χ1n) is 8.89. The van der Waals surface area contributed by atoms with Crippen LogP contribution in [0.4, 0.5) is 5.69 Å². The monoisotopic (exact) mass is 556 g/mol. The Morgan fingerprint density at radius 1 is 1.27 bits per heavy atom. The van der Waals surface area contributed by atoms with Crippen molar-refractivity contribution in [1.82, 2.24) is 0 Å². The van der Waals surface area contributed by atoms with E-state index in [4.69, 9.17) is 21.1 Å². The van der Waals surface area contributed by atoms with Gasteiger partial charge in [0, 0.05) is 12.1 Å². The number of carbonyl (C=O) groups excluding carboxylic acids is 1. The summed E-state index contributed by atoms with van der Waals surface area (Å²) in [7, 11) is 0. The molecule has 0 spiro atoms. The van der Waals surface area contributed by atoms with Gasteiger partial charge in [0.2, 0.25) is 5.90 Å². The summed E-state index contributed by atoms with van der Waals surface area (Å²) in [6.07, 6.45) is 3.51. The van der Waals surface area contributed by atoms with Gasteiger partial charge in [0.1, 0.15) is 5.75 Å². The molecule has 0 radical (unpaired) electrons. The van der Waals surface area contributed by atoms with Crippen LogP contribution in [0.15, 0.2) is 50.0 Å². The summed E-state index contributed by atoms with van der Waals surface area (Å²) in [5.74, 6) is -0.0899. The van der Waals surface area contributed by atoms with E-state index >= 15 is 0 Å². The van der Waals surface area contributed by atoms with Gasteiger partial charge in [-0.3, -0.25) is 10.1 Å². The third kappa shape index (κ3) is 5.08. The van der Waals surface area contributed by atoms with Gasteiger partial charge in [0.25, 0.3) is 5.69 Å². The van der Waals surface area contributed by atoms with E-state index in [-0.39, 0.29) is 27.9 Å². The maximum absolute atomic E-state index is 12.3. The molecule has 0 atom stereocenters. The van der Waals surface area contributed by atoms with Gasteiger partial charge in [0.15, 0.2) is 5.70 Å². The second-order valence-corrected chi connectivity index (χ2v) is 8.39. The fourth-order valence-electron chi connectivity index (χ4n) is 2.59. The van der Waals surface area contributed by atoms with Crippen molar-refractivity contribution in [3.05, 3.63) is 71.2 Å². The van der Waals surface area contributed by atoms with Crippen LogP contribution >= 0.6 is 43.5 Å². The van der Waals surface area contributed by atoms with Crippen LogP contribution in [0.2, 0.25) is 5.02 Å². The van der Waals surface area contributed by atoms with E-state index in [1.54, 1.807) is 18.2 Å². The summed E-state index contributed by atoms with van der Waals surface area (Å²) in [6, 6.07) is 7.42. The number of aliphatic imine (C=N–C) groups is 1. The molecule has 0 unspecified atom stereocenters. The average Bonchev–Trinajstić information content (AvgIpc) is 3.04. The van der Waals surface area contributed by atoms with Crippen molar-refractivity contribution in [2.75, 3.05) is 6.61 Å². The molecule has 3 rings (SSSR count). The van der Waals surface area contributed by atoms with Crippen molar-refractivity contribution < 1.29 is 19.2 Å². The Bertz CT molecular complexity index is 1060. The number of nitro benzene ring substituents is 1. The van der Waals surface area contributed by atoms with E-state index in [1.165, 1.54) is 18.2 Å². The zero-order valence-corrected chi connectivity index (χ0v) is 19.6. The molecule has 0 fully saturated rings. The zero-order valence-electron chi connectivity index (χ0n) is 15.7. The van der Waals surface area contributed by atoms with Crippen LogP contribution < -0.4 is 4.74 Å². The predicted molar refractivity (Wildman–Crippen MR) is 121 cm³/mol. The first-order valence-corrected chi connectivity index (χ1v) is 10.8. The number of ether oxygens (including phenoxy) is 2. The van der Waals surface area contributed by atoms with E-state index in [2.05, 4.69) is 43.8 Å². The minimum Gasteiger partial charge on any atom is -0.491 e. The van der Waals surface area contributed by atoms with Crippen molar-refractivity contribution >= 4 is 67.1 Å². The molecule has 0 saturated carbocycles. The molecule has 2 aromatic carbocycles. The summed E-state index contributed by atoms with van der Waals surface area (Å²) < 4.78 is 12.4. The molecule has 0 saturated heterocycles. The highest BCUT2D eigenvalue weighted by molar-refractivity contribution is 9.11. The van der Waals surface area contributed by atoms with Crippen LogP contribution in [0.1, 0.15) is 30.9 Å². The van der Waals surface area contributed by atoms with Gasteiger partial charge in [-0.15, -0.1) is 0 Å². The van der Waals surface area contributed by atoms with Gasteiger partial charge in [-0.05, 0) is 68.1 Å². The Morgan fingerprint density at radius 2 is 1.97 bits per heavy atom. The van der Waals surface area contributed by atoms with Crippen LogP contribution in [0.25, 0.3) is 6.08 Å². The molecular formula is C20H15Br2ClN2O5. The second-order valence-electron chi connectivity index (χ2n) is 6.27. The number of nitrogens with zero attached hydrogens (tertiary/aromatic N) is 2. The molecule has 0 aromatic heterocycles. The molecule has 7 nitrogen and oxygen atoms in total. The van der Waals surface area contributed by atoms with E-state index in [9.17, 15) is 14.9 Å². The summed E-state index contributed by atoms with van der Waals surface area (Å²) in [5.41, 5.74) is 0.714. The molecule has 2 aromatic rings. The fraction of sp³-hybridized carbons (Fsp3) is 0.200. The third-order valence-corrected chi connectivity index (χ3v) is 5.59. The largest absolute Gasteiger partial charge is 0.491 e. The smallest absolute Gasteiger partial charge is 0.363 e. The van der Waals surface area contributed by atoms with Crippen molar-refractivity contribution in [2.45, 2.75) is 19.8 Å². The topological polar surface area (TPSA) is 91.0 Å². The Kier molecular flexibility index (Phi) is 7.27. The summed E-state index contributed by atoms with van der Waals surface area (Å²) >= 11 is 13.1. The summed E-state index contributed by atoms with van der Waals surface area (Å²) in [5, 5.41) is 11.2. The lowest BCUT2D eigenvalue weighted by Crippen LogP contribution is -2.06. The van der Waals surface area contributed by atoms with Gasteiger partial charge >= 0.3 is 5.97 Å². The number of unbranched alkanes of at least 4 members (excludes halogenated alkanes) is 1. The Morgan fingerprint density at radius 3 is 2.60 bits per heavy atom. The number of hydrogen-bond donors (Lipinski definition) is 0. The van der Waals surface area contributed by atoms with Gasteiger partial charge in [0.05, 0.1) is 31.1 Å². The number of benzene rings is 2. The maximum Gasteiger partial charge on any atom is 0.363 e. The molecule has 30 heavy (non-hydrogen) atoms. The Labute approximate surface area is 194 Å². The predicted octanol–water partition coefficient (Wildman–Crippen LogP) is 6.30. The average molecular weight is 559 g/mol. The third-order valence-electron chi connectivity index (χ3n) is 4.08. The fourth-order valence-corrected chi connectivity index (χ4v) is 4.24. The summed E-state index contributed by atoms with van der Waals surface area (Å²) in [6.45, 7) is 2.68. The first-order chi connectivity index (χ1) is 14.3. The number of hydrogen-bond acceptors (Lipinski definition) is 6. The van der Waals surface area contributed by atoms with E-state index < -0.39 is 10.9 Å². The van der Waals surface area contributed by atoms with Crippen LogP contribution in [0, 0.1) is 10.1 Å². The first kappa shape index (κ1) is 22.5. The number of halogens is 3. The van der Waals surface area contributed by atoms with Crippen molar-refractivity contribution in [3.63, 3.8) is 0 Å². The standard InChI is InChI=1S/C20H15Br2ClN2O5/c1-2-3-6-29-18-14(21)7-11(8-15(18)22)9-17-20(26)30-19(24-17)13-10-12(25(27)28)4-5-16(13)23/h4-5,7-10H,2-3,6H2,1H3/b17-9-. The quantitative estimate of drug-likeness (QED) is 0.131. The molecule has 1 aliphatic rings. The minimum absolute atomic E-state index is 0.0472. The lowest BCUT2D eigenvalue weighted by atomic mass is 10.2. The number of cyclic esters (lactones) is 1. The zero-order chi connectivity index (χ0) is 21.8. The molecule has 156 valence electrons. The highest BCUT2D eigenvalue weighted by Gasteiger charge is 2.27. The van der Waals surface area contributed by atoms with Crippen molar-refractivity contribution in [2.24, 2.45) is 4.99 Å². The maximum atomic E-state index is 12.3. The van der Waals surface area contributed by atoms with E-state index in [0.29, 0.717) is 17.9 Å². The Hall–Kier alpha value is -2.23. The molecular weight excluding hydrogens is 543 g/mol. The van der Waals surface area contributed by atoms with Crippen molar-refractivity contribution in [1.29, 1.82) is 0 Å². The number of carbonyl (C=O) groups is 1. The number of rotatable bonds is 7. The van der Waals surface area contributed by atoms with Crippen LogP contribution in [-0.4, -0.2) is 23.4 Å². The van der Waals surface area contributed by atoms with Crippen LogP contribution in [0.3, 0.4) is 0 Å². The highest BCUT2D eigenvalue weighted by atomic mass is 79.9. The molecule has 1 heterocycles. The lowest BCUT2D eigenvalue weighted by molar-refractivity contribution is -0.384. The molecule has 0 amide bonds. The van der Waals surface area contributed by atoms with Crippen molar-refractivity contribution in [3.8, 4) is 5.75 Å². The van der Waals surface area contributed by atoms with Crippen LogP contribution in [0.5, 0.6) is 5.75 Å². The number of non-ortho nitro benzene ring substituents is 1. The molecule has 0 aliphatic carbocycles. The highest BCUT2D eigenvalue weighted by Crippen LogP contribution is 2.36. The minimum atomic E-state index is -0.678. The van der Waals surface area contributed by atoms with Crippen LogP contribution in [-0.2, 0) is 9.53 Å². The van der Waals surface area contributed by atoms with Gasteiger partial charge in [-0.2, -0.15) is 0 Å². The lowest BCUT2D eigenvalue weighted by Gasteiger charge is -2.11. The summed E-state index contributed by atoms with van der Waals surface area (Å²) in [4.78, 5) is 26.9. The van der Waals surface area contributed by atoms with E-state index in [1.807, 2.05) is 0 Å². The Balaban J connectivity index is 1.91. The van der Waals surface area contributed by atoms with Gasteiger partial charge < -0.3 is 9.47 Å². The van der Waals surface area contributed by atoms with Gasteiger partial charge in [-0.1, -0.05) is 24.9 Å². The normalized spacial score (nSPS) is 14.6. The molecule has 0 N–H and O–H groups in total.